The lowest BCUT2D eigenvalue weighted by Gasteiger charge is -2.39. The normalized spacial score (nSPS) is 17.1. The van der Waals surface area contributed by atoms with Gasteiger partial charge in [-0.2, -0.15) is 0 Å². The minimum absolute atomic E-state index is 0. The summed E-state index contributed by atoms with van der Waals surface area (Å²) in [5, 5.41) is 8.50. The van der Waals surface area contributed by atoms with E-state index in [1.807, 2.05) is 12.3 Å². The van der Waals surface area contributed by atoms with Crippen LogP contribution in [0.1, 0.15) is 58.1 Å². The SMILES string of the molecule is CCC(C)(CC)NC(c1ccnc2cc(F)ccc12)C1CCNCC1.N. The summed E-state index contributed by atoms with van der Waals surface area (Å²) in [4.78, 5) is 4.39. The Hall–Kier alpha value is -1.56. The first-order valence-corrected chi connectivity index (χ1v) is 9.59. The van der Waals surface area contributed by atoms with Crippen molar-refractivity contribution in [1.29, 1.82) is 0 Å². The van der Waals surface area contributed by atoms with Crippen LogP contribution in [-0.2, 0) is 0 Å². The zero-order valence-electron chi connectivity index (χ0n) is 16.3. The van der Waals surface area contributed by atoms with Crippen molar-refractivity contribution in [1.82, 2.24) is 21.8 Å². The van der Waals surface area contributed by atoms with Crippen LogP contribution in [-0.4, -0.2) is 23.6 Å². The molecule has 1 aliphatic rings. The molecule has 2 aromatic rings. The summed E-state index contributed by atoms with van der Waals surface area (Å²) in [6.45, 7) is 8.93. The molecule has 1 aromatic carbocycles. The average Bonchev–Trinajstić information content (AvgIpc) is 2.66. The highest BCUT2D eigenvalue weighted by molar-refractivity contribution is 5.82. The molecule has 0 radical (unpaired) electrons. The van der Waals surface area contributed by atoms with Gasteiger partial charge in [0.2, 0.25) is 0 Å². The lowest BCUT2D eigenvalue weighted by atomic mass is 9.82. The molecule has 0 saturated carbocycles. The van der Waals surface area contributed by atoms with Crippen molar-refractivity contribution in [2.75, 3.05) is 13.1 Å². The maximum Gasteiger partial charge on any atom is 0.125 e. The van der Waals surface area contributed by atoms with Gasteiger partial charge >= 0.3 is 0 Å². The van der Waals surface area contributed by atoms with Crippen molar-refractivity contribution in [3.05, 3.63) is 41.8 Å². The number of benzene rings is 1. The second-order valence-corrected chi connectivity index (χ2v) is 7.54. The van der Waals surface area contributed by atoms with E-state index in [1.165, 1.54) is 11.6 Å². The monoisotopic (exact) mass is 360 g/mol. The molecule has 0 bridgehead atoms. The van der Waals surface area contributed by atoms with Gasteiger partial charge in [0.25, 0.3) is 0 Å². The second-order valence-electron chi connectivity index (χ2n) is 7.54. The predicted octanol–water partition coefficient (Wildman–Crippen LogP) is 4.74. The zero-order valence-corrected chi connectivity index (χ0v) is 16.3. The van der Waals surface area contributed by atoms with Gasteiger partial charge in [-0.05, 0) is 75.4 Å². The number of halogens is 1. The van der Waals surface area contributed by atoms with Gasteiger partial charge in [-0.25, -0.2) is 4.39 Å². The molecule has 4 nitrogen and oxygen atoms in total. The van der Waals surface area contributed by atoms with Gasteiger partial charge in [-0.1, -0.05) is 13.8 Å². The Labute approximate surface area is 156 Å². The van der Waals surface area contributed by atoms with E-state index in [2.05, 4.69) is 42.5 Å². The summed E-state index contributed by atoms with van der Waals surface area (Å²) in [6, 6.07) is 7.36. The standard InChI is InChI=1S/C21H30FN3.H3N/c1-4-21(3,5-2)25-20(15-8-11-23-12-9-15)18-10-13-24-19-14-16(22)6-7-17(18)19;/h6-7,10,13-15,20,23,25H,4-5,8-9,11-12H2,1-3H3;1H3. The summed E-state index contributed by atoms with van der Waals surface area (Å²) in [5.74, 6) is 0.352. The Morgan fingerprint density at radius 1 is 1.23 bits per heavy atom. The highest BCUT2D eigenvalue weighted by atomic mass is 19.1. The largest absolute Gasteiger partial charge is 0.344 e. The summed E-state index contributed by atoms with van der Waals surface area (Å²) in [5.41, 5.74) is 2.10. The van der Waals surface area contributed by atoms with Crippen molar-refractivity contribution in [2.45, 2.75) is 58.0 Å². The van der Waals surface area contributed by atoms with Crippen molar-refractivity contribution in [3.63, 3.8) is 0 Å². The van der Waals surface area contributed by atoms with Crippen LogP contribution in [0.15, 0.2) is 30.5 Å². The molecule has 5 N–H and O–H groups in total. The Bertz CT molecular complexity index is 708. The summed E-state index contributed by atoms with van der Waals surface area (Å²) in [7, 11) is 0. The first kappa shape index (κ1) is 20.7. The minimum atomic E-state index is -0.226. The number of nitrogens with zero attached hydrogens (tertiary/aromatic N) is 1. The van der Waals surface area contributed by atoms with Gasteiger partial charge in [0, 0.05) is 29.2 Å². The van der Waals surface area contributed by atoms with E-state index in [-0.39, 0.29) is 23.5 Å². The third kappa shape index (κ3) is 4.40. The molecule has 5 heteroatoms. The van der Waals surface area contributed by atoms with Gasteiger partial charge in [-0.15, -0.1) is 0 Å². The summed E-state index contributed by atoms with van der Waals surface area (Å²) >= 11 is 0. The Balaban J connectivity index is 0.00000243. The van der Waals surface area contributed by atoms with Crippen LogP contribution in [0.2, 0.25) is 0 Å². The molecule has 2 heterocycles. The Morgan fingerprint density at radius 2 is 1.92 bits per heavy atom. The molecule has 26 heavy (non-hydrogen) atoms. The first-order valence-electron chi connectivity index (χ1n) is 9.59. The number of pyridine rings is 1. The number of aromatic nitrogens is 1. The maximum atomic E-state index is 13.6. The molecular formula is C21H33FN4. The first-order chi connectivity index (χ1) is 12.1. The summed E-state index contributed by atoms with van der Waals surface area (Å²) < 4.78 is 13.6. The predicted molar refractivity (Wildman–Crippen MR) is 107 cm³/mol. The molecule has 1 fully saturated rings. The molecule has 1 saturated heterocycles. The highest BCUT2D eigenvalue weighted by Crippen LogP contribution is 2.35. The Morgan fingerprint density at radius 3 is 2.58 bits per heavy atom. The highest BCUT2D eigenvalue weighted by Gasteiger charge is 2.31. The number of piperidine rings is 1. The maximum absolute atomic E-state index is 13.6. The molecule has 0 spiro atoms. The van der Waals surface area contributed by atoms with Crippen LogP contribution in [0, 0.1) is 11.7 Å². The lowest BCUT2D eigenvalue weighted by molar-refractivity contribution is 0.211. The van der Waals surface area contributed by atoms with E-state index in [4.69, 9.17) is 0 Å². The average molecular weight is 361 g/mol. The van der Waals surface area contributed by atoms with Crippen molar-refractivity contribution >= 4 is 10.9 Å². The van der Waals surface area contributed by atoms with Gasteiger partial charge in [0.15, 0.2) is 0 Å². The lowest BCUT2D eigenvalue weighted by Crippen LogP contribution is -2.47. The van der Waals surface area contributed by atoms with Crippen LogP contribution in [0.5, 0.6) is 0 Å². The molecule has 1 aliphatic heterocycles. The molecular weight excluding hydrogens is 327 g/mol. The third-order valence-corrected chi connectivity index (χ3v) is 5.99. The fraction of sp³-hybridized carbons (Fsp3) is 0.571. The van der Waals surface area contributed by atoms with Crippen LogP contribution >= 0.6 is 0 Å². The fourth-order valence-corrected chi connectivity index (χ4v) is 3.87. The minimum Gasteiger partial charge on any atom is -0.344 e. The molecule has 1 atom stereocenters. The number of hydrogen-bond acceptors (Lipinski definition) is 4. The number of rotatable bonds is 6. The van der Waals surface area contributed by atoms with E-state index < -0.39 is 0 Å². The topological polar surface area (TPSA) is 72.0 Å². The Kier molecular flexibility index (Phi) is 7.09. The van der Waals surface area contributed by atoms with Crippen molar-refractivity contribution < 1.29 is 4.39 Å². The summed E-state index contributed by atoms with van der Waals surface area (Å²) in [6.07, 6.45) is 6.31. The van der Waals surface area contributed by atoms with E-state index in [0.29, 0.717) is 5.92 Å². The smallest absolute Gasteiger partial charge is 0.125 e. The van der Waals surface area contributed by atoms with E-state index in [0.717, 1.165) is 49.7 Å². The van der Waals surface area contributed by atoms with Gasteiger partial charge < -0.3 is 16.8 Å². The second kappa shape index (κ2) is 8.89. The quantitative estimate of drug-likeness (QED) is 0.695. The number of nitrogens with one attached hydrogen (secondary N) is 2. The van der Waals surface area contributed by atoms with Crippen LogP contribution < -0.4 is 16.8 Å². The van der Waals surface area contributed by atoms with Gasteiger partial charge in [-0.3, -0.25) is 4.98 Å². The fourth-order valence-electron chi connectivity index (χ4n) is 3.87. The number of hydrogen-bond donors (Lipinski definition) is 3. The molecule has 1 aromatic heterocycles. The van der Waals surface area contributed by atoms with Crippen LogP contribution in [0.3, 0.4) is 0 Å². The van der Waals surface area contributed by atoms with E-state index >= 15 is 0 Å². The number of fused-ring (bicyclic) bond motifs is 1. The molecule has 0 amide bonds. The van der Waals surface area contributed by atoms with Crippen LogP contribution in [0.4, 0.5) is 4.39 Å². The molecule has 3 rings (SSSR count). The van der Waals surface area contributed by atoms with Crippen molar-refractivity contribution in [3.8, 4) is 0 Å². The molecule has 0 aliphatic carbocycles. The zero-order chi connectivity index (χ0) is 17.9. The van der Waals surface area contributed by atoms with E-state index in [9.17, 15) is 4.39 Å². The van der Waals surface area contributed by atoms with Crippen molar-refractivity contribution in [2.24, 2.45) is 5.92 Å². The van der Waals surface area contributed by atoms with Gasteiger partial charge in [0.1, 0.15) is 5.82 Å². The van der Waals surface area contributed by atoms with E-state index in [1.54, 1.807) is 6.07 Å². The molecule has 1 unspecified atom stereocenters. The molecule has 144 valence electrons. The third-order valence-electron chi connectivity index (χ3n) is 5.99. The van der Waals surface area contributed by atoms with Crippen LogP contribution in [0.25, 0.3) is 10.9 Å². The van der Waals surface area contributed by atoms with Gasteiger partial charge in [0.05, 0.1) is 5.52 Å².